The lowest BCUT2D eigenvalue weighted by atomic mass is 10.1. The maximum Gasteiger partial charge on any atom is 0.223 e. The molecule has 1 N–H and O–H groups in total. The molecule has 0 saturated heterocycles. The number of amides is 1. The third-order valence-corrected chi connectivity index (χ3v) is 3.82. The van der Waals surface area contributed by atoms with E-state index >= 15 is 0 Å². The van der Waals surface area contributed by atoms with Gasteiger partial charge in [-0.2, -0.15) is 0 Å². The lowest BCUT2D eigenvalue weighted by molar-refractivity contribution is -0.133. The van der Waals surface area contributed by atoms with Gasteiger partial charge < -0.3 is 10.0 Å². The molecule has 1 rings (SSSR count). The standard InChI is InChI=1S/C15H21Cl2NO2/c1-11(2)18(15(20)5-3-4-8-19)10-12-6-7-13(16)14(17)9-12/h6-7,9,11,19H,3-5,8,10H2,1-2H3. The van der Waals surface area contributed by atoms with Gasteiger partial charge in [-0.25, -0.2) is 0 Å². The molecule has 0 aromatic heterocycles. The summed E-state index contributed by atoms with van der Waals surface area (Å²) in [4.78, 5) is 14.0. The number of halogens is 2. The largest absolute Gasteiger partial charge is 0.396 e. The first-order valence-corrected chi connectivity index (χ1v) is 7.55. The van der Waals surface area contributed by atoms with Gasteiger partial charge in [-0.3, -0.25) is 4.79 Å². The molecule has 0 aliphatic rings. The maximum atomic E-state index is 12.2. The minimum Gasteiger partial charge on any atom is -0.396 e. The van der Waals surface area contributed by atoms with Crippen LogP contribution in [0.2, 0.25) is 10.0 Å². The van der Waals surface area contributed by atoms with Crippen LogP contribution in [0.15, 0.2) is 18.2 Å². The molecule has 0 aliphatic heterocycles. The van der Waals surface area contributed by atoms with E-state index in [0.29, 0.717) is 35.9 Å². The fourth-order valence-corrected chi connectivity index (χ4v) is 2.25. The summed E-state index contributed by atoms with van der Waals surface area (Å²) in [5.74, 6) is 0.0968. The van der Waals surface area contributed by atoms with Crippen LogP contribution in [0.1, 0.15) is 38.7 Å². The van der Waals surface area contributed by atoms with Gasteiger partial charge in [-0.05, 0) is 44.4 Å². The van der Waals surface area contributed by atoms with Crippen molar-refractivity contribution in [3.63, 3.8) is 0 Å². The van der Waals surface area contributed by atoms with Gasteiger partial charge in [-0.1, -0.05) is 29.3 Å². The number of unbranched alkanes of at least 4 members (excludes halogenated alkanes) is 1. The van der Waals surface area contributed by atoms with E-state index in [0.717, 1.165) is 5.56 Å². The quantitative estimate of drug-likeness (QED) is 0.775. The Labute approximate surface area is 130 Å². The fourth-order valence-electron chi connectivity index (χ4n) is 1.93. The molecular formula is C15H21Cl2NO2. The third kappa shape index (κ3) is 5.31. The van der Waals surface area contributed by atoms with Crippen LogP contribution in [0.3, 0.4) is 0 Å². The van der Waals surface area contributed by atoms with Gasteiger partial charge in [0, 0.05) is 25.6 Å². The highest BCUT2D eigenvalue weighted by molar-refractivity contribution is 6.42. The summed E-state index contributed by atoms with van der Waals surface area (Å²) in [6.07, 6.45) is 1.82. The molecule has 1 amide bonds. The van der Waals surface area contributed by atoms with Crippen molar-refractivity contribution in [1.29, 1.82) is 0 Å². The van der Waals surface area contributed by atoms with Crippen molar-refractivity contribution in [2.75, 3.05) is 6.61 Å². The van der Waals surface area contributed by atoms with Crippen molar-refractivity contribution in [2.24, 2.45) is 0 Å². The molecule has 0 heterocycles. The molecule has 0 radical (unpaired) electrons. The Kier molecular flexibility index (Phi) is 7.35. The van der Waals surface area contributed by atoms with E-state index in [1.165, 1.54) is 0 Å². The Morgan fingerprint density at radius 3 is 2.50 bits per heavy atom. The van der Waals surface area contributed by atoms with Crippen molar-refractivity contribution in [3.8, 4) is 0 Å². The number of aliphatic hydroxyl groups is 1. The Morgan fingerprint density at radius 2 is 1.95 bits per heavy atom. The number of carbonyl (C=O) groups is 1. The van der Waals surface area contributed by atoms with Crippen LogP contribution >= 0.6 is 23.2 Å². The van der Waals surface area contributed by atoms with E-state index in [2.05, 4.69) is 0 Å². The van der Waals surface area contributed by atoms with E-state index < -0.39 is 0 Å². The van der Waals surface area contributed by atoms with Crippen molar-refractivity contribution in [1.82, 2.24) is 4.90 Å². The van der Waals surface area contributed by atoms with Crippen molar-refractivity contribution in [2.45, 2.75) is 45.7 Å². The molecule has 1 aromatic carbocycles. The Bertz CT molecular complexity index is 449. The maximum absolute atomic E-state index is 12.2. The van der Waals surface area contributed by atoms with Crippen LogP contribution in [0.4, 0.5) is 0 Å². The zero-order chi connectivity index (χ0) is 15.1. The first kappa shape index (κ1) is 17.3. The summed E-state index contributed by atoms with van der Waals surface area (Å²) in [5.41, 5.74) is 0.962. The zero-order valence-electron chi connectivity index (χ0n) is 11.9. The summed E-state index contributed by atoms with van der Waals surface area (Å²) in [6, 6.07) is 5.53. The second-order valence-corrected chi connectivity index (χ2v) is 5.86. The van der Waals surface area contributed by atoms with Crippen LogP contribution in [-0.4, -0.2) is 28.6 Å². The van der Waals surface area contributed by atoms with Crippen LogP contribution in [-0.2, 0) is 11.3 Å². The van der Waals surface area contributed by atoms with E-state index in [1.807, 2.05) is 24.8 Å². The molecule has 0 fully saturated rings. The Balaban J connectivity index is 2.71. The summed E-state index contributed by atoms with van der Waals surface area (Å²) < 4.78 is 0. The summed E-state index contributed by atoms with van der Waals surface area (Å²) in [5, 5.41) is 9.78. The molecular weight excluding hydrogens is 297 g/mol. The monoisotopic (exact) mass is 317 g/mol. The van der Waals surface area contributed by atoms with Crippen LogP contribution in [0.25, 0.3) is 0 Å². The van der Waals surface area contributed by atoms with Gasteiger partial charge >= 0.3 is 0 Å². The average molecular weight is 318 g/mol. The Morgan fingerprint density at radius 1 is 1.25 bits per heavy atom. The van der Waals surface area contributed by atoms with Crippen molar-refractivity contribution >= 4 is 29.1 Å². The number of benzene rings is 1. The van der Waals surface area contributed by atoms with Gasteiger partial charge in [0.2, 0.25) is 5.91 Å². The number of hydrogen-bond donors (Lipinski definition) is 1. The molecule has 112 valence electrons. The normalized spacial score (nSPS) is 10.9. The van der Waals surface area contributed by atoms with E-state index in [1.54, 1.807) is 12.1 Å². The predicted molar refractivity (Wildman–Crippen MR) is 83.1 cm³/mol. The first-order chi connectivity index (χ1) is 9.45. The van der Waals surface area contributed by atoms with Gasteiger partial charge in [0.15, 0.2) is 0 Å². The number of rotatable bonds is 7. The molecule has 0 bridgehead atoms. The van der Waals surface area contributed by atoms with E-state index in [-0.39, 0.29) is 18.6 Å². The highest BCUT2D eigenvalue weighted by Gasteiger charge is 2.17. The second kappa shape index (κ2) is 8.50. The van der Waals surface area contributed by atoms with E-state index in [4.69, 9.17) is 28.3 Å². The fraction of sp³-hybridized carbons (Fsp3) is 0.533. The highest BCUT2D eigenvalue weighted by atomic mass is 35.5. The number of aliphatic hydroxyl groups excluding tert-OH is 1. The van der Waals surface area contributed by atoms with Gasteiger partial charge in [0.05, 0.1) is 10.0 Å². The van der Waals surface area contributed by atoms with Crippen molar-refractivity contribution < 1.29 is 9.90 Å². The van der Waals surface area contributed by atoms with E-state index in [9.17, 15) is 4.79 Å². The molecule has 0 unspecified atom stereocenters. The van der Waals surface area contributed by atoms with Crippen LogP contribution in [0, 0.1) is 0 Å². The summed E-state index contributed by atoms with van der Waals surface area (Å²) >= 11 is 11.9. The highest BCUT2D eigenvalue weighted by Crippen LogP contribution is 2.23. The SMILES string of the molecule is CC(C)N(Cc1ccc(Cl)c(Cl)c1)C(=O)CCCCO. The Hall–Kier alpha value is -0.770. The minimum absolute atomic E-state index is 0.0968. The molecule has 1 aromatic rings. The second-order valence-electron chi connectivity index (χ2n) is 5.04. The summed E-state index contributed by atoms with van der Waals surface area (Å²) in [6.45, 7) is 4.62. The van der Waals surface area contributed by atoms with Crippen molar-refractivity contribution in [3.05, 3.63) is 33.8 Å². The smallest absolute Gasteiger partial charge is 0.223 e. The summed E-state index contributed by atoms with van der Waals surface area (Å²) in [7, 11) is 0. The topological polar surface area (TPSA) is 40.5 Å². The molecule has 0 spiro atoms. The van der Waals surface area contributed by atoms with Crippen LogP contribution in [0.5, 0.6) is 0 Å². The number of carbonyl (C=O) groups excluding carboxylic acids is 1. The number of nitrogens with zero attached hydrogens (tertiary/aromatic N) is 1. The lowest BCUT2D eigenvalue weighted by Crippen LogP contribution is -2.36. The predicted octanol–water partition coefficient (Wildman–Crippen LogP) is 3.89. The van der Waals surface area contributed by atoms with Crippen LogP contribution < -0.4 is 0 Å². The molecule has 5 heteroatoms. The molecule has 0 aliphatic carbocycles. The van der Waals surface area contributed by atoms with Gasteiger partial charge in [0.1, 0.15) is 0 Å². The van der Waals surface area contributed by atoms with Gasteiger partial charge in [0.25, 0.3) is 0 Å². The lowest BCUT2D eigenvalue weighted by Gasteiger charge is -2.27. The molecule has 20 heavy (non-hydrogen) atoms. The molecule has 0 atom stereocenters. The first-order valence-electron chi connectivity index (χ1n) is 6.80. The number of hydrogen-bond acceptors (Lipinski definition) is 2. The molecule has 0 saturated carbocycles. The molecule has 3 nitrogen and oxygen atoms in total. The third-order valence-electron chi connectivity index (χ3n) is 3.08. The minimum atomic E-state index is 0.0968. The zero-order valence-corrected chi connectivity index (χ0v) is 13.4. The van der Waals surface area contributed by atoms with Gasteiger partial charge in [-0.15, -0.1) is 0 Å². The average Bonchev–Trinajstić information content (AvgIpc) is 2.39.